The number of methoxy groups -OCH3 is 1. The highest BCUT2D eigenvalue weighted by Crippen LogP contribution is 2.37. The Morgan fingerprint density at radius 1 is 1.15 bits per heavy atom. The van der Waals surface area contributed by atoms with E-state index in [4.69, 9.17) is 4.74 Å². The fraction of sp³-hybridized carbons (Fsp3) is 0.263. The fourth-order valence-corrected chi connectivity index (χ4v) is 2.86. The molecular weight excluding hydrogens is 345 g/mol. The second-order valence-electron chi connectivity index (χ2n) is 6.15. The van der Waals surface area contributed by atoms with Crippen LogP contribution in [0, 0.1) is 0 Å². The van der Waals surface area contributed by atoms with Crippen LogP contribution < -0.4 is 4.74 Å². The molecule has 0 aliphatic rings. The molecule has 0 N–H and O–H groups in total. The van der Waals surface area contributed by atoms with Gasteiger partial charge in [0, 0.05) is 17.0 Å². The van der Waals surface area contributed by atoms with E-state index in [1.165, 1.54) is 30.0 Å². The third-order valence-electron chi connectivity index (χ3n) is 4.07. The zero-order chi connectivity index (χ0) is 19.1. The van der Waals surface area contributed by atoms with Crippen LogP contribution in [0.2, 0.25) is 0 Å². The Hall–Kier alpha value is -2.83. The molecule has 0 bridgehead atoms. The topological polar surface area (TPSA) is 44.1 Å². The Morgan fingerprint density at radius 3 is 2.46 bits per heavy atom. The molecule has 1 heterocycles. The van der Waals surface area contributed by atoms with Crippen LogP contribution in [0.5, 0.6) is 5.75 Å². The number of hydrogen-bond acceptors (Lipinski definition) is 3. The van der Waals surface area contributed by atoms with Crippen molar-refractivity contribution in [3.8, 4) is 5.75 Å². The molecule has 0 aliphatic heterocycles. The van der Waals surface area contributed by atoms with Crippen LogP contribution in [0.15, 0.2) is 42.5 Å². The van der Waals surface area contributed by atoms with Crippen LogP contribution in [-0.2, 0) is 6.18 Å². The van der Waals surface area contributed by atoms with E-state index >= 15 is 0 Å². The minimum atomic E-state index is -4.54. The Morgan fingerprint density at radius 2 is 1.85 bits per heavy atom. The molecule has 1 aromatic heterocycles. The number of para-hydroxylation sites is 1. The lowest BCUT2D eigenvalue weighted by Crippen LogP contribution is -2.11. The van der Waals surface area contributed by atoms with E-state index in [-0.39, 0.29) is 22.6 Å². The van der Waals surface area contributed by atoms with Crippen molar-refractivity contribution < 1.29 is 22.7 Å². The smallest absolute Gasteiger partial charge is 0.418 e. The highest BCUT2D eigenvalue weighted by Gasteiger charge is 2.35. The van der Waals surface area contributed by atoms with Gasteiger partial charge in [0.15, 0.2) is 0 Å². The lowest BCUT2D eigenvalue weighted by atomic mass is 10.0. The van der Waals surface area contributed by atoms with Crippen molar-refractivity contribution in [1.82, 2.24) is 9.78 Å². The van der Waals surface area contributed by atoms with Crippen molar-refractivity contribution >= 4 is 16.7 Å². The van der Waals surface area contributed by atoms with E-state index in [2.05, 4.69) is 5.10 Å². The van der Waals surface area contributed by atoms with Crippen LogP contribution in [0.3, 0.4) is 0 Å². The number of aromatic nitrogens is 2. The van der Waals surface area contributed by atoms with Gasteiger partial charge in [0.2, 0.25) is 5.78 Å². The van der Waals surface area contributed by atoms with E-state index in [1.807, 2.05) is 0 Å². The average Bonchev–Trinajstić information content (AvgIpc) is 3.00. The maximum Gasteiger partial charge on any atom is 0.418 e. The van der Waals surface area contributed by atoms with Crippen LogP contribution >= 0.6 is 0 Å². The Labute approximate surface area is 148 Å². The van der Waals surface area contributed by atoms with Crippen molar-refractivity contribution in [1.29, 1.82) is 0 Å². The molecule has 26 heavy (non-hydrogen) atoms. The average molecular weight is 362 g/mol. The van der Waals surface area contributed by atoms with Gasteiger partial charge >= 0.3 is 6.18 Å². The first-order chi connectivity index (χ1) is 12.2. The Bertz CT molecular complexity index is 975. The number of halogens is 3. The van der Waals surface area contributed by atoms with Gasteiger partial charge in [-0.05, 0) is 32.0 Å². The largest absolute Gasteiger partial charge is 0.497 e. The van der Waals surface area contributed by atoms with Gasteiger partial charge in [-0.25, -0.2) is 0 Å². The van der Waals surface area contributed by atoms with Gasteiger partial charge in [0.1, 0.15) is 11.4 Å². The summed E-state index contributed by atoms with van der Waals surface area (Å²) in [6.45, 7) is 3.44. The van der Waals surface area contributed by atoms with Crippen LogP contribution in [0.1, 0.15) is 41.5 Å². The molecule has 7 heteroatoms. The highest BCUT2D eigenvalue weighted by atomic mass is 19.4. The van der Waals surface area contributed by atoms with Gasteiger partial charge in [-0.15, -0.1) is 0 Å². The zero-order valence-corrected chi connectivity index (χ0v) is 14.5. The van der Waals surface area contributed by atoms with Gasteiger partial charge in [-0.2, -0.15) is 18.3 Å². The molecule has 0 saturated carbocycles. The minimum absolute atomic E-state index is 0.00643. The quantitative estimate of drug-likeness (QED) is 0.622. The number of benzene rings is 2. The molecule has 0 saturated heterocycles. The summed E-state index contributed by atoms with van der Waals surface area (Å²) in [6, 6.07) is 9.90. The summed E-state index contributed by atoms with van der Waals surface area (Å²) in [5.41, 5.74) is -0.591. The van der Waals surface area contributed by atoms with Gasteiger partial charge in [-0.3, -0.25) is 9.48 Å². The van der Waals surface area contributed by atoms with Crippen molar-refractivity contribution in [2.75, 3.05) is 7.11 Å². The van der Waals surface area contributed by atoms with Crippen LogP contribution in [0.25, 0.3) is 10.9 Å². The summed E-state index contributed by atoms with van der Waals surface area (Å²) in [7, 11) is 1.47. The SMILES string of the molecule is COc1cccc(C(=O)c2nn(C(C)C)c3c(C(F)(F)F)cccc23)c1. The van der Waals surface area contributed by atoms with E-state index in [1.54, 1.807) is 32.0 Å². The number of hydrogen-bond donors (Lipinski definition) is 0. The van der Waals surface area contributed by atoms with E-state index < -0.39 is 17.5 Å². The number of nitrogens with zero attached hydrogens (tertiary/aromatic N) is 2. The van der Waals surface area contributed by atoms with Crippen LogP contribution in [0.4, 0.5) is 13.2 Å². The van der Waals surface area contributed by atoms with E-state index in [0.29, 0.717) is 11.3 Å². The first kappa shape index (κ1) is 18.0. The number of ketones is 1. The summed E-state index contributed by atoms with van der Waals surface area (Å²) in [6.07, 6.45) is -4.54. The molecule has 0 spiro atoms. The maximum absolute atomic E-state index is 13.5. The molecule has 0 fully saturated rings. The molecule has 3 rings (SSSR count). The van der Waals surface area contributed by atoms with E-state index in [9.17, 15) is 18.0 Å². The molecule has 4 nitrogen and oxygen atoms in total. The molecule has 0 unspecified atom stereocenters. The van der Waals surface area contributed by atoms with Gasteiger partial charge in [-0.1, -0.05) is 24.3 Å². The number of alkyl halides is 3. The summed E-state index contributed by atoms with van der Waals surface area (Å²) >= 11 is 0. The third kappa shape index (κ3) is 3.05. The summed E-state index contributed by atoms with van der Waals surface area (Å²) in [5.74, 6) is 0.0343. The normalized spacial score (nSPS) is 12.0. The predicted octanol–water partition coefficient (Wildman–Crippen LogP) is 4.88. The predicted molar refractivity (Wildman–Crippen MR) is 91.5 cm³/mol. The first-order valence-electron chi connectivity index (χ1n) is 8.01. The number of carbonyl (C=O) groups is 1. The van der Waals surface area contributed by atoms with Gasteiger partial charge in [0.05, 0.1) is 18.2 Å². The summed E-state index contributed by atoms with van der Waals surface area (Å²) in [5, 5.41) is 4.40. The number of fused-ring (bicyclic) bond motifs is 1. The van der Waals surface area contributed by atoms with E-state index in [0.717, 1.165) is 6.07 Å². The number of carbonyl (C=O) groups excluding carboxylic acids is 1. The third-order valence-corrected chi connectivity index (χ3v) is 4.07. The Kier molecular flexibility index (Phi) is 4.48. The Balaban J connectivity index is 2.26. The molecule has 3 aromatic rings. The fourth-order valence-electron chi connectivity index (χ4n) is 2.86. The molecule has 136 valence electrons. The molecule has 0 radical (unpaired) electrons. The second-order valence-corrected chi connectivity index (χ2v) is 6.15. The summed E-state index contributed by atoms with van der Waals surface area (Å²) in [4.78, 5) is 12.9. The molecule has 0 amide bonds. The summed E-state index contributed by atoms with van der Waals surface area (Å²) < 4.78 is 46.7. The number of rotatable bonds is 4. The molecule has 2 aromatic carbocycles. The van der Waals surface area contributed by atoms with Crippen molar-refractivity contribution in [3.63, 3.8) is 0 Å². The van der Waals surface area contributed by atoms with Crippen molar-refractivity contribution in [3.05, 3.63) is 59.3 Å². The standard InChI is InChI=1S/C19H17F3N2O2/c1-11(2)24-17-14(8-5-9-15(17)19(20,21)22)16(23-24)18(25)12-6-4-7-13(10-12)26-3/h4-11H,1-3H3. The van der Waals surface area contributed by atoms with Crippen LogP contribution in [-0.4, -0.2) is 22.7 Å². The molecule has 0 aliphatic carbocycles. The maximum atomic E-state index is 13.5. The number of ether oxygens (including phenoxy) is 1. The first-order valence-corrected chi connectivity index (χ1v) is 8.01. The van der Waals surface area contributed by atoms with Crippen molar-refractivity contribution in [2.24, 2.45) is 0 Å². The highest BCUT2D eigenvalue weighted by molar-refractivity contribution is 6.15. The van der Waals surface area contributed by atoms with Gasteiger partial charge in [0.25, 0.3) is 0 Å². The lowest BCUT2D eigenvalue weighted by Gasteiger charge is -2.12. The van der Waals surface area contributed by atoms with Crippen molar-refractivity contribution in [2.45, 2.75) is 26.1 Å². The minimum Gasteiger partial charge on any atom is -0.497 e. The molecular formula is C19H17F3N2O2. The molecule has 0 atom stereocenters. The zero-order valence-electron chi connectivity index (χ0n) is 14.5. The second kappa shape index (κ2) is 6.48. The monoisotopic (exact) mass is 362 g/mol. The lowest BCUT2D eigenvalue weighted by molar-refractivity contribution is -0.136. The van der Waals surface area contributed by atoms with Gasteiger partial charge < -0.3 is 4.74 Å².